The van der Waals surface area contributed by atoms with Crippen LogP contribution in [0, 0.1) is 6.92 Å². The SMILES string of the molecule is Cc1nn(C)c2nc([C@]3(C)CCCN(c4ccccn4)C3)ccc12. The van der Waals surface area contributed by atoms with Crippen molar-refractivity contribution in [1.29, 1.82) is 0 Å². The van der Waals surface area contributed by atoms with Crippen LogP contribution in [0.25, 0.3) is 11.0 Å². The van der Waals surface area contributed by atoms with Gasteiger partial charge in [0, 0.05) is 37.1 Å². The van der Waals surface area contributed by atoms with Crippen molar-refractivity contribution in [2.75, 3.05) is 18.0 Å². The molecule has 124 valence electrons. The van der Waals surface area contributed by atoms with Crippen molar-refractivity contribution >= 4 is 16.9 Å². The topological polar surface area (TPSA) is 46.8 Å². The molecule has 0 aliphatic carbocycles. The summed E-state index contributed by atoms with van der Waals surface area (Å²) in [7, 11) is 1.97. The summed E-state index contributed by atoms with van der Waals surface area (Å²) in [4.78, 5) is 11.9. The molecule has 4 heterocycles. The standard InChI is InChI=1S/C19H23N5/c1-14-15-8-9-16(21-18(15)23(3)22-14)19(2)10-6-12-24(13-19)17-7-4-5-11-20-17/h4-5,7-9,11H,6,10,12-13H2,1-3H3/t19-/m1/s1. The number of aromatic nitrogens is 4. The average molecular weight is 321 g/mol. The molecular weight excluding hydrogens is 298 g/mol. The van der Waals surface area contributed by atoms with Gasteiger partial charge in [-0.05, 0) is 44.0 Å². The zero-order valence-electron chi connectivity index (χ0n) is 14.5. The summed E-state index contributed by atoms with van der Waals surface area (Å²) >= 11 is 0. The summed E-state index contributed by atoms with van der Waals surface area (Å²) in [5.74, 6) is 1.06. The predicted octanol–water partition coefficient (Wildman–Crippen LogP) is 3.23. The van der Waals surface area contributed by atoms with Gasteiger partial charge >= 0.3 is 0 Å². The van der Waals surface area contributed by atoms with E-state index in [0.29, 0.717) is 0 Å². The molecule has 3 aromatic rings. The first-order valence-corrected chi connectivity index (χ1v) is 8.54. The minimum absolute atomic E-state index is 0.0299. The molecule has 0 amide bonds. The molecule has 5 heteroatoms. The van der Waals surface area contributed by atoms with Crippen LogP contribution in [-0.2, 0) is 12.5 Å². The first kappa shape index (κ1) is 15.1. The maximum absolute atomic E-state index is 4.97. The lowest BCUT2D eigenvalue weighted by Gasteiger charge is -2.40. The normalized spacial score (nSPS) is 21.4. The van der Waals surface area contributed by atoms with Crippen molar-refractivity contribution in [3.05, 3.63) is 47.9 Å². The molecular formula is C19H23N5. The molecule has 0 bridgehead atoms. The Morgan fingerprint density at radius 3 is 2.83 bits per heavy atom. The molecule has 1 aliphatic rings. The molecule has 3 aromatic heterocycles. The fourth-order valence-electron chi connectivity index (χ4n) is 3.82. The van der Waals surface area contributed by atoms with Gasteiger partial charge in [0.1, 0.15) is 5.82 Å². The van der Waals surface area contributed by atoms with Gasteiger partial charge in [-0.1, -0.05) is 13.0 Å². The van der Waals surface area contributed by atoms with Gasteiger partial charge in [0.2, 0.25) is 0 Å². The van der Waals surface area contributed by atoms with Gasteiger partial charge in [-0.15, -0.1) is 0 Å². The van der Waals surface area contributed by atoms with Crippen LogP contribution < -0.4 is 4.90 Å². The third kappa shape index (κ3) is 2.44. The van der Waals surface area contributed by atoms with Gasteiger partial charge in [-0.3, -0.25) is 4.68 Å². The number of anilines is 1. The van der Waals surface area contributed by atoms with Crippen LogP contribution in [0.5, 0.6) is 0 Å². The molecule has 4 rings (SSSR count). The molecule has 0 radical (unpaired) electrons. The number of hydrogen-bond donors (Lipinski definition) is 0. The van der Waals surface area contributed by atoms with Crippen molar-refractivity contribution in [3.8, 4) is 0 Å². The molecule has 1 aliphatic heterocycles. The molecule has 0 N–H and O–H groups in total. The highest BCUT2D eigenvalue weighted by Crippen LogP contribution is 2.35. The Kier molecular flexibility index (Phi) is 3.52. The molecule has 24 heavy (non-hydrogen) atoms. The number of nitrogens with zero attached hydrogens (tertiary/aromatic N) is 5. The van der Waals surface area contributed by atoms with Crippen molar-refractivity contribution < 1.29 is 0 Å². The Balaban J connectivity index is 1.70. The van der Waals surface area contributed by atoms with Gasteiger partial charge in [-0.25, -0.2) is 9.97 Å². The minimum Gasteiger partial charge on any atom is -0.356 e. The fraction of sp³-hybridized carbons (Fsp3) is 0.421. The predicted molar refractivity (Wildman–Crippen MR) is 96.3 cm³/mol. The van der Waals surface area contributed by atoms with E-state index in [4.69, 9.17) is 4.98 Å². The minimum atomic E-state index is 0.0299. The van der Waals surface area contributed by atoms with Crippen LogP contribution in [0.1, 0.15) is 31.2 Å². The van der Waals surface area contributed by atoms with Gasteiger partial charge in [-0.2, -0.15) is 5.10 Å². The number of hydrogen-bond acceptors (Lipinski definition) is 4. The summed E-state index contributed by atoms with van der Waals surface area (Å²) in [5.41, 5.74) is 3.19. The van der Waals surface area contributed by atoms with Crippen molar-refractivity contribution in [2.24, 2.45) is 7.05 Å². The first-order chi connectivity index (χ1) is 11.6. The summed E-state index contributed by atoms with van der Waals surface area (Å²) in [6.45, 7) is 6.35. The molecule has 1 saturated heterocycles. The van der Waals surface area contributed by atoms with E-state index in [1.165, 1.54) is 0 Å². The highest BCUT2D eigenvalue weighted by atomic mass is 15.3. The number of piperidine rings is 1. The van der Waals surface area contributed by atoms with E-state index < -0.39 is 0 Å². The Bertz CT molecular complexity index is 870. The van der Waals surface area contributed by atoms with E-state index in [1.807, 2.05) is 30.9 Å². The van der Waals surface area contributed by atoms with Crippen LogP contribution in [0.4, 0.5) is 5.82 Å². The third-order valence-corrected chi connectivity index (χ3v) is 5.16. The quantitative estimate of drug-likeness (QED) is 0.727. The molecule has 1 atom stereocenters. The summed E-state index contributed by atoms with van der Waals surface area (Å²) in [6, 6.07) is 10.5. The van der Waals surface area contributed by atoms with Crippen LogP contribution >= 0.6 is 0 Å². The number of rotatable bonds is 2. The molecule has 0 aromatic carbocycles. The van der Waals surface area contributed by atoms with Crippen molar-refractivity contribution in [1.82, 2.24) is 19.7 Å². The van der Waals surface area contributed by atoms with Crippen molar-refractivity contribution in [2.45, 2.75) is 32.1 Å². The first-order valence-electron chi connectivity index (χ1n) is 8.54. The largest absolute Gasteiger partial charge is 0.356 e. The molecule has 0 saturated carbocycles. The van der Waals surface area contributed by atoms with Gasteiger partial charge in [0.05, 0.1) is 11.4 Å². The highest BCUT2D eigenvalue weighted by molar-refractivity contribution is 5.78. The Morgan fingerprint density at radius 2 is 2.04 bits per heavy atom. The van der Waals surface area contributed by atoms with Gasteiger partial charge in [0.15, 0.2) is 5.65 Å². The van der Waals surface area contributed by atoms with E-state index in [2.05, 4.69) is 46.2 Å². The molecule has 1 fully saturated rings. The lowest BCUT2D eigenvalue weighted by Crippen LogP contribution is -2.45. The Morgan fingerprint density at radius 1 is 1.17 bits per heavy atom. The number of fused-ring (bicyclic) bond motifs is 1. The van der Waals surface area contributed by atoms with Crippen LogP contribution in [0.3, 0.4) is 0 Å². The molecule has 5 nitrogen and oxygen atoms in total. The summed E-state index contributed by atoms with van der Waals surface area (Å²) in [5, 5.41) is 5.64. The Labute approximate surface area is 142 Å². The zero-order valence-corrected chi connectivity index (χ0v) is 14.5. The van der Waals surface area contributed by atoms with E-state index in [-0.39, 0.29) is 5.41 Å². The summed E-state index contributed by atoms with van der Waals surface area (Å²) in [6.07, 6.45) is 4.16. The summed E-state index contributed by atoms with van der Waals surface area (Å²) < 4.78 is 1.89. The number of pyridine rings is 2. The second-order valence-corrected chi connectivity index (χ2v) is 7.05. The second-order valence-electron chi connectivity index (χ2n) is 7.05. The highest BCUT2D eigenvalue weighted by Gasteiger charge is 2.34. The van der Waals surface area contributed by atoms with E-state index in [9.17, 15) is 0 Å². The van der Waals surface area contributed by atoms with E-state index in [1.54, 1.807) is 0 Å². The second kappa shape index (κ2) is 5.58. The molecule has 0 spiro atoms. The third-order valence-electron chi connectivity index (χ3n) is 5.16. The number of aryl methyl sites for hydroxylation is 2. The smallest absolute Gasteiger partial charge is 0.158 e. The van der Waals surface area contributed by atoms with Crippen LogP contribution in [0.2, 0.25) is 0 Å². The monoisotopic (exact) mass is 321 g/mol. The van der Waals surface area contributed by atoms with Crippen LogP contribution in [-0.4, -0.2) is 32.8 Å². The lowest BCUT2D eigenvalue weighted by atomic mass is 9.78. The van der Waals surface area contributed by atoms with E-state index in [0.717, 1.165) is 54.2 Å². The van der Waals surface area contributed by atoms with E-state index >= 15 is 0 Å². The maximum atomic E-state index is 4.97. The maximum Gasteiger partial charge on any atom is 0.158 e. The average Bonchev–Trinajstić information content (AvgIpc) is 2.90. The van der Waals surface area contributed by atoms with Crippen molar-refractivity contribution in [3.63, 3.8) is 0 Å². The fourth-order valence-corrected chi connectivity index (χ4v) is 3.82. The molecule has 0 unspecified atom stereocenters. The van der Waals surface area contributed by atoms with Crippen LogP contribution in [0.15, 0.2) is 36.5 Å². The van der Waals surface area contributed by atoms with Gasteiger partial charge < -0.3 is 4.90 Å². The lowest BCUT2D eigenvalue weighted by molar-refractivity contribution is 0.364. The van der Waals surface area contributed by atoms with Gasteiger partial charge in [0.25, 0.3) is 0 Å². The zero-order chi connectivity index (χ0) is 16.7. The Hall–Kier alpha value is -2.43.